The molecule has 12 heteroatoms. The van der Waals surface area contributed by atoms with E-state index in [0.29, 0.717) is 12.5 Å². The SMILES string of the molecule is CC(C)(C)OC(=O)Nc1ccc(C(F)(F)F)cc1NC(=O)c1cccc(N2CCCS2(=O)=O)c1. The number of nitrogens with zero attached hydrogens (tertiary/aromatic N) is 1. The van der Waals surface area contributed by atoms with Gasteiger partial charge in [-0.15, -0.1) is 0 Å². The number of hydrogen-bond donors (Lipinski definition) is 2. The van der Waals surface area contributed by atoms with Crippen molar-refractivity contribution in [1.29, 1.82) is 0 Å². The topological polar surface area (TPSA) is 105 Å². The first-order valence-corrected chi connectivity index (χ1v) is 11.9. The average molecular weight is 500 g/mol. The van der Waals surface area contributed by atoms with Crippen LogP contribution in [0.15, 0.2) is 42.5 Å². The summed E-state index contributed by atoms with van der Waals surface area (Å²) in [5.41, 5.74) is -1.98. The lowest BCUT2D eigenvalue weighted by Crippen LogP contribution is -2.28. The Hall–Kier alpha value is -3.28. The molecule has 2 N–H and O–H groups in total. The minimum absolute atomic E-state index is 0.00659. The zero-order valence-corrected chi connectivity index (χ0v) is 19.5. The lowest BCUT2D eigenvalue weighted by molar-refractivity contribution is -0.137. The maximum atomic E-state index is 13.3. The monoisotopic (exact) mass is 499 g/mol. The molecule has 1 heterocycles. The molecule has 1 aliphatic rings. The number of hydrogen-bond acceptors (Lipinski definition) is 5. The van der Waals surface area contributed by atoms with Crippen LogP contribution >= 0.6 is 0 Å². The number of anilines is 3. The Labute approximate surface area is 195 Å². The molecule has 184 valence electrons. The van der Waals surface area contributed by atoms with Gasteiger partial charge >= 0.3 is 12.3 Å². The van der Waals surface area contributed by atoms with Crippen LogP contribution in [0.4, 0.5) is 35.0 Å². The van der Waals surface area contributed by atoms with E-state index >= 15 is 0 Å². The largest absolute Gasteiger partial charge is 0.444 e. The molecule has 8 nitrogen and oxygen atoms in total. The molecule has 2 amide bonds. The first-order chi connectivity index (χ1) is 15.7. The Bertz CT molecular complexity index is 1210. The molecule has 1 fully saturated rings. The zero-order chi connectivity index (χ0) is 25.3. The lowest BCUT2D eigenvalue weighted by Gasteiger charge is -2.21. The quantitative estimate of drug-likeness (QED) is 0.626. The van der Waals surface area contributed by atoms with E-state index in [4.69, 9.17) is 4.74 Å². The summed E-state index contributed by atoms with van der Waals surface area (Å²) in [4.78, 5) is 25.0. The summed E-state index contributed by atoms with van der Waals surface area (Å²) in [6.07, 6.45) is -5.15. The standard InChI is InChI=1S/C22H24F3N3O5S/c1-21(2,3)33-20(30)27-17-9-8-15(22(23,24)25)13-18(17)26-19(29)14-6-4-7-16(12-14)28-10-5-11-34(28,31)32/h4,6-9,12-13H,5,10-11H2,1-3H3,(H,26,29)(H,27,30). The van der Waals surface area contributed by atoms with Gasteiger partial charge in [-0.25, -0.2) is 13.2 Å². The van der Waals surface area contributed by atoms with E-state index in [2.05, 4.69) is 10.6 Å². The third kappa shape index (κ3) is 6.19. The van der Waals surface area contributed by atoms with Gasteiger partial charge in [-0.05, 0) is 63.6 Å². The molecule has 2 aromatic carbocycles. The number of rotatable bonds is 4. The second-order valence-electron chi connectivity index (χ2n) is 8.63. The molecule has 0 atom stereocenters. The van der Waals surface area contributed by atoms with E-state index in [1.165, 1.54) is 28.6 Å². The smallest absolute Gasteiger partial charge is 0.416 e. The molecule has 0 spiro atoms. The highest BCUT2D eigenvalue weighted by Crippen LogP contribution is 2.34. The summed E-state index contributed by atoms with van der Waals surface area (Å²) in [7, 11) is -3.48. The van der Waals surface area contributed by atoms with Gasteiger partial charge in [-0.3, -0.25) is 14.4 Å². The summed E-state index contributed by atoms with van der Waals surface area (Å²) < 4.78 is 70.4. The fourth-order valence-corrected chi connectivity index (χ4v) is 4.83. The van der Waals surface area contributed by atoms with Crippen LogP contribution in [0.5, 0.6) is 0 Å². The van der Waals surface area contributed by atoms with Crippen molar-refractivity contribution in [3.63, 3.8) is 0 Å². The van der Waals surface area contributed by atoms with Gasteiger partial charge in [0.2, 0.25) is 10.0 Å². The molecule has 0 unspecified atom stereocenters. The minimum atomic E-state index is -4.69. The Balaban J connectivity index is 1.90. The van der Waals surface area contributed by atoms with Crippen molar-refractivity contribution in [2.24, 2.45) is 0 Å². The Kier molecular flexibility index (Phi) is 6.83. The van der Waals surface area contributed by atoms with Crippen LogP contribution in [0.2, 0.25) is 0 Å². The maximum absolute atomic E-state index is 13.3. The van der Waals surface area contributed by atoms with Gasteiger partial charge in [0.05, 0.1) is 28.4 Å². The van der Waals surface area contributed by atoms with Crippen LogP contribution < -0.4 is 14.9 Å². The summed E-state index contributed by atoms with van der Waals surface area (Å²) in [6, 6.07) is 8.21. The van der Waals surface area contributed by atoms with Crippen LogP contribution in [0.1, 0.15) is 43.1 Å². The number of sulfonamides is 1. The summed E-state index contributed by atoms with van der Waals surface area (Å²) in [5, 5.41) is 4.71. The summed E-state index contributed by atoms with van der Waals surface area (Å²) in [6.45, 7) is 5.13. The van der Waals surface area contributed by atoms with Crippen molar-refractivity contribution in [3.8, 4) is 0 Å². The first kappa shape index (κ1) is 25.3. The van der Waals surface area contributed by atoms with Gasteiger partial charge in [0.15, 0.2) is 0 Å². The fourth-order valence-electron chi connectivity index (χ4n) is 3.27. The molecule has 2 aromatic rings. The highest BCUT2D eigenvalue weighted by Gasteiger charge is 2.32. The molecule has 3 rings (SSSR count). The molecule has 1 saturated heterocycles. The van der Waals surface area contributed by atoms with Crippen molar-refractivity contribution in [3.05, 3.63) is 53.6 Å². The highest BCUT2D eigenvalue weighted by atomic mass is 32.2. The number of alkyl halides is 3. The van der Waals surface area contributed by atoms with Crippen LogP contribution in [0.3, 0.4) is 0 Å². The second-order valence-corrected chi connectivity index (χ2v) is 10.6. The third-order valence-corrected chi connectivity index (χ3v) is 6.60. The van der Waals surface area contributed by atoms with Crippen molar-refractivity contribution in [2.75, 3.05) is 27.2 Å². The highest BCUT2D eigenvalue weighted by molar-refractivity contribution is 7.93. The Morgan fingerprint density at radius 2 is 1.71 bits per heavy atom. The maximum Gasteiger partial charge on any atom is 0.416 e. The Morgan fingerprint density at radius 3 is 2.29 bits per heavy atom. The molecular formula is C22H24F3N3O5S. The van der Waals surface area contributed by atoms with Crippen LogP contribution in [0, 0.1) is 0 Å². The van der Waals surface area contributed by atoms with Gasteiger partial charge in [0.1, 0.15) is 5.60 Å². The van der Waals surface area contributed by atoms with E-state index in [9.17, 15) is 31.2 Å². The molecule has 0 aliphatic carbocycles. The van der Waals surface area contributed by atoms with Crippen molar-refractivity contribution >= 4 is 39.1 Å². The molecule has 0 aromatic heterocycles. The number of carbonyl (C=O) groups is 2. The van der Waals surface area contributed by atoms with Crippen LogP contribution in [0.25, 0.3) is 0 Å². The number of nitrogens with one attached hydrogen (secondary N) is 2. The minimum Gasteiger partial charge on any atom is -0.444 e. The predicted molar refractivity (Wildman–Crippen MR) is 121 cm³/mol. The van der Waals surface area contributed by atoms with Crippen molar-refractivity contribution < 1.29 is 35.9 Å². The van der Waals surface area contributed by atoms with E-state index < -0.39 is 39.4 Å². The lowest BCUT2D eigenvalue weighted by atomic mass is 10.1. The van der Waals surface area contributed by atoms with Crippen molar-refractivity contribution in [1.82, 2.24) is 0 Å². The first-order valence-electron chi connectivity index (χ1n) is 10.3. The average Bonchev–Trinajstić information content (AvgIpc) is 3.06. The molecule has 0 radical (unpaired) electrons. The molecular weight excluding hydrogens is 475 g/mol. The van der Waals surface area contributed by atoms with E-state index in [-0.39, 0.29) is 34.9 Å². The number of amides is 2. The van der Waals surface area contributed by atoms with E-state index in [1.807, 2.05) is 0 Å². The van der Waals surface area contributed by atoms with Gasteiger partial charge in [0.25, 0.3) is 5.91 Å². The van der Waals surface area contributed by atoms with E-state index in [0.717, 1.165) is 12.1 Å². The van der Waals surface area contributed by atoms with Gasteiger partial charge in [-0.2, -0.15) is 13.2 Å². The number of carbonyl (C=O) groups excluding carboxylic acids is 2. The molecule has 0 bridgehead atoms. The van der Waals surface area contributed by atoms with Gasteiger partial charge in [-0.1, -0.05) is 6.07 Å². The Morgan fingerprint density at radius 1 is 1.00 bits per heavy atom. The number of benzene rings is 2. The summed E-state index contributed by atoms with van der Waals surface area (Å²) >= 11 is 0. The fraction of sp³-hybridized carbons (Fsp3) is 0.364. The molecule has 34 heavy (non-hydrogen) atoms. The van der Waals surface area contributed by atoms with Gasteiger partial charge < -0.3 is 10.1 Å². The summed E-state index contributed by atoms with van der Waals surface area (Å²) in [5.74, 6) is -0.794. The normalized spacial score (nSPS) is 15.6. The zero-order valence-electron chi connectivity index (χ0n) is 18.7. The van der Waals surface area contributed by atoms with E-state index in [1.54, 1.807) is 20.8 Å². The van der Waals surface area contributed by atoms with Crippen molar-refractivity contribution in [2.45, 2.75) is 39.0 Å². The predicted octanol–water partition coefficient (Wildman–Crippen LogP) is 4.84. The molecule has 0 saturated carbocycles. The molecule has 1 aliphatic heterocycles. The van der Waals surface area contributed by atoms with Crippen LogP contribution in [-0.2, 0) is 20.9 Å². The van der Waals surface area contributed by atoms with Gasteiger partial charge in [0, 0.05) is 12.1 Å². The van der Waals surface area contributed by atoms with Crippen LogP contribution in [-0.4, -0.2) is 38.3 Å². The second kappa shape index (κ2) is 9.16. The number of ether oxygens (including phenoxy) is 1. The number of halogens is 3. The third-order valence-electron chi connectivity index (χ3n) is 4.73.